The maximum atomic E-state index is 8.80. The van der Waals surface area contributed by atoms with Gasteiger partial charge in [-0.05, 0) is 18.9 Å². The summed E-state index contributed by atoms with van der Waals surface area (Å²) in [5.74, 6) is 0.433. The van der Waals surface area contributed by atoms with E-state index in [0.717, 1.165) is 39.3 Å². The number of nitrogens with two attached hydrogens (primary N) is 1. The zero-order valence-electron chi connectivity index (χ0n) is 8.11. The van der Waals surface area contributed by atoms with Crippen molar-refractivity contribution < 1.29 is 9.84 Å². The molecule has 1 atom stereocenters. The van der Waals surface area contributed by atoms with E-state index in [9.17, 15) is 0 Å². The van der Waals surface area contributed by atoms with Crippen LogP contribution >= 0.6 is 0 Å². The second kappa shape index (κ2) is 6.32. The smallest absolute Gasteiger partial charge is 0.0594 e. The van der Waals surface area contributed by atoms with Crippen molar-refractivity contribution in [1.29, 1.82) is 0 Å². The number of aliphatic hydroxyl groups excluding tert-OH is 1. The van der Waals surface area contributed by atoms with Gasteiger partial charge in [-0.3, -0.25) is 4.90 Å². The molecule has 1 unspecified atom stereocenters. The van der Waals surface area contributed by atoms with Gasteiger partial charge in [0.05, 0.1) is 13.2 Å². The van der Waals surface area contributed by atoms with Gasteiger partial charge >= 0.3 is 0 Å². The second-order valence-corrected chi connectivity index (χ2v) is 3.53. The summed E-state index contributed by atoms with van der Waals surface area (Å²) in [4.78, 5) is 2.36. The third kappa shape index (κ3) is 4.04. The number of ether oxygens (including phenoxy) is 1. The van der Waals surface area contributed by atoms with Crippen LogP contribution in [0, 0.1) is 5.92 Å². The Morgan fingerprint density at radius 3 is 2.62 bits per heavy atom. The summed E-state index contributed by atoms with van der Waals surface area (Å²) < 4.78 is 5.25. The summed E-state index contributed by atoms with van der Waals surface area (Å²) in [6.07, 6.45) is 0.813. The van der Waals surface area contributed by atoms with Crippen molar-refractivity contribution in [2.75, 3.05) is 46.0 Å². The Bertz CT molecular complexity index is 124. The molecule has 0 aromatic rings. The van der Waals surface area contributed by atoms with Gasteiger partial charge in [-0.15, -0.1) is 0 Å². The van der Waals surface area contributed by atoms with E-state index in [1.165, 1.54) is 0 Å². The van der Waals surface area contributed by atoms with Gasteiger partial charge in [-0.25, -0.2) is 0 Å². The second-order valence-electron chi connectivity index (χ2n) is 3.53. The van der Waals surface area contributed by atoms with E-state index in [2.05, 4.69) is 4.90 Å². The SMILES string of the molecule is NCC(CCO)CN1CCOCC1. The lowest BCUT2D eigenvalue weighted by molar-refractivity contribution is 0.0294. The van der Waals surface area contributed by atoms with Crippen molar-refractivity contribution in [2.24, 2.45) is 11.7 Å². The molecule has 4 nitrogen and oxygen atoms in total. The van der Waals surface area contributed by atoms with Gasteiger partial charge in [-0.1, -0.05) is 0 Å². The molecule has 0 spiro atoms. The first-order valence-electron chi connectivity index (χ1n) is 4.98. The Hall–Kier alpha value is -0.160. The molecule has 78 valence electrons. The van der Waals surface area contributed by atoms with Gasteiger partial charge in [0, 0.05) is 26.2 Å². The molecule has 0 aliphatic carbocycles. The van der Waals surface area contributed by atoms with Gasteiger partial charge in [0.2, 0.25) is 0 Å². The largest absolute Gasteiger partial charge is 0.396 e. The van der Waals surface area contributed by atoms with Crippen LogP contribution in [0.4, 0.5) is 0 Å². The number of rotatable bonds is 5. The first kappa shape index (κ1) is 10.9. The molecule has 3 N–H and O–H groups in total. The number of aliphatic hydroxyl groups is 1. The van der Waals surface area contributed by atoms with Crippen LogP contribution in [0.5, 0.6) is 0 Å². The van der Waals surface area contributed by atoms with E-state index in [4.69, 9.17) is 15.6 Å². The monoisotopic (exact) mass is 188 g/mol. The van der Waals surface area contributed by atoms with Crippen LogP contribution < -0.4 is 5.73 Å². The van der Waals surface area contributed by atoms with Gasteiger partial charge < -0.3 is 15.6 Å². The van der Waals surface area contributed by atoms with Gasteiger partial charge in [-0.2, -0.15) is 0 Å². The predicted octanol–water partition coefficient (Wildman–Crippen LogP) is -0.724. The standard InChI is InChI=1S/C9H20N2O2/c10-7-9(1-4-12)8-11-2-5-13-6-3-11/h9,12H,1-8,10H2. The average Bonchev–Trinajstić information content (AvgIpc) is 2.19. The minimum Gasteiger partial charge on any atom is -0.396 e. The molecule has 0 aromatic carbocycles. The summed E-state index contributed by atoms with van der Waals surface area (Å²) in [6, 6.07) is 0. The molecule has 1 heterocycles. The summed E-state index contributed by atoms with van der Waals surface area (Å²) in [7, 11) is 0. The lowest BCUT2D eigenvalue weighted by Gasteiger charge is -2.29. The quantitative estimate of drug-likeness (QED) is 0.597. The molecule has 1 rings (SSSR count). The molecule has 1 aliphatic rings. The van der Waals surface area contributed by atoms with Crippen LogP contribution in [0.1, 0.15) is 6.42 Å². The van der Waals surface area contributed by atoms with E-state index in [-0.39, 0.29) is 6.61 Å². The minimum absolute atomic E-state index is 0.242. The number of nitrogens with zero attached hydrogens (tertiary/aromatic N) is 1. The van der Waals surface area contributed by atoms with Crippen LogP contribution in [0.3, 0.4) is 0 Å². The number of hydrogen-bond acceptors (Lipinski definition) is 4. The molecular weight excluding hydrogens is 168 g/mol. The molecule has 0 bridgehead atoms. The highest BCUT2D eigenvalue weighted by Gasteiger charge is 2.14. The topological polar surface area (TPSA) is 58.7 Å². The Morgan fingerprint density at radius 2 is 2.08 bits per heavy atom. The zero-order chi connectivity index (χ0) is 9.52. The molecule has 13 heavy (non-hydrogen) atoms. The van der Waals surface area contributed by atoms with E-state index < -0.39 is 0 Å². The first-order valence-corrected chi connectivity index (χ1v) is 4.98. The first-order chi connectivity index (χ1) is 6.36. The highest BCUT2D eigenvalue weighted by Crippen LogP contribution is 2.05. The summed E-state index contributed by atoms with van der Waals surface area (Å²) in [6.45, 7) is 5.57. The van der Waals surface area contributed by atoms with Crippen molar-refractivity contribution in [1.82, 2.24) is 4.90 Å². The molecule has 1 aliphatic heterocycles. The molecule has 0 radical (unpaired) electrons. The van der Waals surface area contributed by atoms with Gasteiger partial charge in [0.25, 0.3) is 0 Å². The summed E-state index contributed by atoms with van der Waals surface area (Å²) >= 11 is 0. The third-order valence-corrected chi connectivity index (χ3v) is 2.49. The van der Waals surface area contributed by atoms with Crippen LogP contribution in [-0.2, 0) is 4.74 Å². The van der Waals surface area contributed by atoms with Crippen molar-refractivity contribution in [3.63, 3.8) is 0 Å². The molecule has 1 fully saturated rings. The van der Waals surface area contributed by atoms with E-state index in [1.807, 2.05) is 0 Å². The lowest BCUT2D eigenvalue weighted by Crippen LogP contribution is -2.41. The molecule has 0 amide bonds. The Kier molecular flexibility index (Phi) is 5.31. The van der Waals surface area contributed by atoms with Crippen LogP contribution in [0.15, 0.2) is 0 Å². The van der Waals surface area contributed by atoms with Crippen LogP contribution in [-0.4, -0.2) is 56.0 Å². The van der Waals surface area contributed by atoms with Crippen molar-refractivity contribution in [2.45, 2.75) is 6.42 Å². The Balaban J connectivity index is 2.18. The zero-order valence-corrected chi connectivity index (χ0v) is 8.11. The molecule has 4 heteroatoms. The van der Waals surface area contributed by atoms with E-state index in [1.54, 1.807) is 0 Å². The van der Waals surface area contributed by atoms with Crippen molar-refractivity contribution in [3.05, 3.63) is 0 Å². The Labute approximate surface area is 79.7 Å². The maximum Gasteiger partial charge on any atom is 0.0594 e. The number of morpholine rings is 1. The average molecular weight is 188 g/mol. The highest BCUT2D eigenvalue weighted by molar-refractivity contribution is 4.68. The normalized spacial score (nSPS) is 21.7. The summed E-state index contributed by atoms with van der Waals surface area (Å²) in [5.41, 5.74) is 5.61. The molecule has 1 saturated heterocycles. The summed E-state index contributed by atoms with van der Waals surface area (Å²) in [5, 5.41) is 8.80. The predicted molar refractivity (Wildman–Crippen MR) is 51.5 cm³/mol. The van der Waals surface area contributed by atoms with E-state index in [0.29, 0.717) is 12.5 Å². The number of hydrogen-bond donors (Lipinski definition) is 2. The molecule has 0 aromatic heterocycles. The lowest BCUT2D eigenvalue weighted by atomic mass is 10.1. The van der Waals surface area contributed by atoms with Gasteiger partial charge in [0.1, 0.15) is 0 Å². The van der Waals surface area contributed by atoms with E-state index >= 15 is 0 Å². The van der Waals surface area contributed by atoms with Crippen LogP contribution in [0.2, 0.25) is 0 Å². The van der Waals surface area contributed by atoms with Crippen molar-refractivity contribution >= 4 is 0 Å². The third-order valence-electron chi connectivity index (χ3n) is 2.49. The maximum absolute atomic E-state index is 8.80. The fourth-order valence-electron chi connectivity index (χ4n) is 1.62. The molecule has 0 saturated carbocycles. The molecular formula is C9H20N2O2. The van der Waals surface area contributed by atoms with Crippen LogP contribution in [0.25, 0.3) is 0 Å². The van der Waals surface area contributed by atoms with Gasteiger partial charge in [0.15, 0.2) is 0 Å². The fourth-order valence-corrected chi connectivity index (χ4v) is 1.62. The fraction of sp³-hybridized carbons (Fsp3) is 1.00. The van der Waals surface area contributed by atoms with Crippen molar-refractivity contribution in [3.8, 4) is 0 Å². The minimum atomic E-state index is 0.242. The Morgan fingerprint density at radius 1 is 1.38 bits per heavy atom. The highest BCUT2D eigenvalue weighted by atomic mass is 16.5.